The molecule has 0 radical (unpaired) electrons. The molecule has 0 saturated carbocycles. The summed E-state index contributed by atoms with van der Waals surface area (Å²) in [6.07, 6.45) is 0. The Hall–Kier alpha value is -2.69. The van der Waals surface area contributed by atoms with Crippen LogP contribution >= 0.6 is 0 Å². The standard InChI is InChI=1S/C15H12N2O3/c1-9(18)11-5-3-7-13(16-11)15(20)14-8-4-6-12(17-14)10(2)19/h3-8H,1-2H3. The maximum Gasteiger partial charge on any atom is 0.229 e. The number of hydrogen-bond acceptors (Lipinski definition) is 5. The summed E-state index contributed by atoms with van der Waals surface area (Å²) < 4.78 is 0. The van der Waals surface area contributed by atoms with Gasteiger partial charge in [-0.1, -0.05) is 12.1 Å². The van der Waals surface area contributed by atoms with Gasteiger partial charge in [0, 0.05) is 13.8 Å². The number of pyridine rings is 2. The van der Waals surface area contributed by atoms with Crippen molar-refractivity contribution >= 4 is 17.3 Å². The fourth-order valence-electron chi connectivity index (χ4n) is 1.65. The van der Waals surface area contributed by atoms with E-state index in [4.69, 9.17) is 0 Å². The summed E-state index contributed by atoms with van der Waals surface area (Å²) in [6.45, 7) is 2.76. The molecule has 0 aliphatic heterocycles. The molecule has 5 nitrogen and oxygen atoms in total. The number of rotatable bonds is 4. The van der Waals surface area contributed by atoms with E-state index in [0.717, 1.165) is 0 Å². The Bertz CT molecular complexity index is 648. The highest BCUT2D eigenvalue weighted by Gasteiger charge is 2.15. The van der Waals surface area contributed by atoms with Gasteiger partial charge in [0.1, 0.15) is 22.8 Å². The molecule has 0 amide bonds. The molecule has 0 N–H and O–H groups in total. The first kappa shape index (κ1) is 13.7. The van der Waals surface area contributed by atoms with Gasteiger partial charge < -0.3 is 0 Å². The monoisotopic (exact) mass is 268 g/mol. The van der Waals surface area contributed by atoms with Crippen molar-refractivity contribution < 1.29 is 14.4 Å². The van der Waals surface area contributed by atoms with Crippen molar-refractivity contribution in [3.05, 3.63) is 59.2 Å². The summed E-state index contributed by atoms with van der Waals surface area (Å²) in [5.41, 5.74) is 0.703. The second-order valence-electron chi connectivity index (χ2n) is 4.26. The Morgan fingerprint density at radius 1 is 0.700 bits per heavy atom. The van der Waals surface area contributed by atoms with Gasteiger partial charge in [-0.3, -0.25) is 14.4 Å². The van der Waals surface area contributed by atoms with Crippen LogP contribution in [0.2, 0.25) is 0 Å². The third-order valence-corrected chi connectivity index (χ3v) is 2.68. The molecule has 0 atom stereocenters. The Morgan fingerprint density at radius 2 is 1.05 bits per heavy atom. The number of Topliss-reactive ketones (excluding diaryl/α,β-unsaturated/α-hetero) is 2. The minimum Gasteiger partial charge on any atom is -0.293 e. The minimum absolute atomic E-state index is 0.130. The fraction of sp³-hybridized carbons (Fsp3) is 0.133. The highest BCUT2D eigenvalue weighted by atomic mass is 16.1. The normalized spacial score (nSPS) is 10.1. The quantitative estimate of drug-likeness (QED) is 0.794. The lowest BCUT2D eigenvalue weighted by Gasteiger charge is -2.03. The van der Waals surface area contributed by atoms with Crippen molar-refractivity contribution in [2.75, 3.05) is 0 Å². The zero-order valence-corrected chi connectivity index (χ0v) is 11.1. The van der Waals surface area contributed by atoms with Crippen LogP contribution in [0.3, 0.4) is 0 Å². The van der Waals surface area contributed by atoms with E-state index in [9.17, 15) is 14.4 Å². The summed E-state index contributed by atoms with van der Waals surface area (Å²) in [5, 5.41) is 0. The first-order valence-corrected chi connectivity index (χ1v) is 5.99. The smallest absolute Gasteiger partial charge is 0.229 e. The molecule has 0 bridgehead atoms. The maximum atomic E-state index is 12.2. The average molecular weight is 268 g/mol. The van der Waals surface area contributed by atoms with Gasteiger partial charge >= 0.3 is 0 Å². The molecule has 2 aromatic heterocycles. The number of ketones is 3. The van der Waals surface area contributed by atoms with Crippen molar-refractivity contribution in [3.8, 4) is 0 Å². The molecule has 2 heterocycles. The number of carbonyl (C=O) groups is 3. The Morgan fingerprint density at radius 3 is 1.40 bits per heavy atom. The number of nitrogens with zero attached hydrogens (tertiary/aromatic N) is 2. The summed E-state index contributed by atoms with van der Waals surface area (Å²) in [7, 11) is 0. The van der Waals surface area contributed by atoms with Crippen molar-refractivity contribution in [3.63, 3.8) is 0 Å². The maximum absolute atomic E-state index is 12.2. The van der Waals surface area contributed by atoms with Gasteiger partial charge in [-0.05, 0) is 24.3 Å². The van der Waals surface area contributed by atoms with Crippen LogP contribution < -0.4 is 0 Å². The van der Waals surface area contributed by atoms with E-state index in [1.807, 2.05) is 0 Å². The van der Waals surface area contributed by atoms with Crippen LogP contribution in [0, 0.1) is 0 Å². The molecule has 2 aromatic rings. The van der Waals surface area contributed by atoms with E-state index in [-0.39, 0.29) is 34.3 Å². The minimum atomic E-state index is -0.420. The Kier molecular flexibility index (Phi) is 3.79. The van der Waals surface area contributed by atoms with E-state index in [1.165, 1.54) is 26.0 Å². The second kappa shape index (κ2) is 5.52. The van der Waals surface area contributed by atoms with Crippen LogP contribution in [0.25, 0.3) is 0 Å². The van der Waals surface area contributed by atoms with E-state index < -0.39 is 5.78 Å². The van der Waals surface area contributed by atoms with Crippen molar-refractivity contribution in [2.24, 2.45) is 0 Å². The number of carbonyl (C=O) groups excluding carboxylic acids is 3. The molecular weight excluding hydrogens is 256 g/mol. The van der Waals surface area contributed by atoms with Gasteiger partial charge in [-0.15, -0.1) is 0 Å². The molecule has 0 spiro atoms. The van der Waals surface area contributed by atoms with Crippen LogP contribution in [0.4, 0.5) is 0 Å². The molecule has 0 aromatic carbocycles. The van der Waals surface area contributed by atoms with Gasteiger partial charge in [0.25, 0.3) is 0 Å². The molecule has 5 heteroatoms. The van der Waals surface area contributed by atoms with Gasteiger partial charge in [0.05, 0.1) is 0 Å². The molecule has 100 valence electrons. The van der Waals surface area contributed by atoms with E-state index >= 15 is 0 Å². The molecule has 0 aliphatic carbocycles. The van der Waals surface area contributed by atoms with E-state index in [0.29, 0.717) is 0 Å². The summed E-state index contributed by atoms with van der Waals surface area (Å²) in [5.74, 6) is -0.855. The lowest BCUT2D eigenvalue weighted by atomic mass is 10.1. The van der Waals surface area contributed by atoms with Gasteiger partial charge in [-0.2, -0.15) is 0 Å². The Balaban J connectivity index is 2.41. The largest absolute Gasteiger partial charge is 0.293 e. The SMILES string of the molecule is CC(=O)c1cccc(C(=O)c2cccc(C(C)=O)n2)n1. The highest BCUT2D eigenvalue weighted by molar-refractivity contribution is 6.07. The zero-order chi connectivity index (χ0) is 14.7. The topological polar surface area (TPSA) is 77.0 Å². The molecule has 0 aliphatic rings. The summed E-state index contributed by atoms with van der Waals surface area (Å²) in [4.78, 5) is 42.8. The van der Waals surface area contributed by atoms with Crippen LogP contribution in [0.15, 0.2) is 36.4 Å². The Labute approximate surface area is 115 Å². The van der Waals surface area contributed by atoms with Gasteiger partial charge in [0.15, 0.2) is 11.6 Å². The first-order valence-electron chi connectivity index (χ1n) is 5.99. The van der Waals surface area contributed by atoms with Crippen LogP contribution in [0.5, 0.6) is 0 Å². The number of aromatic nitrogens is 2. The van der Waals surface area contributed by atoms with Crippen molar-refractivity contribution in [1.29, 1.82) is 0 Å². The molecule has 0 saturated heterocycles. The van der Waals surface area contributed by atoms with Crippen LogP contribution in [-0.2, 0) is 0 Å². The fourth-order valence-corrected chi connectivity index (χ4v) is 1.65. The van der Waals surface area contributed by atoms with Gasteiger partial charge in [-0.25, -0.2) is 9.97 Å². The molecular formula is C15H12N2O3. The van der Waals surface area contributed by atoms with Crippen molar-refractivity contribution in [1.82, 2.24) is 9.97 Å². The van der Waals surface area contributed by atoms with Crippen LogP contribution in [0.1, 0.15) is 51.0 Å². The molecule has 2 rings (SSSR count). The summed E-state index contributed by atoms with van der Waals surface area (Å²) >= 11 is 0. The van der Waals surface area contributed by atoms with Crippen molar-refractivity contribution in [2.45, 2.75) is 13.8 Å². The van der Waals surface area contributed by atoms with Gasteiger partial charge in [0.2, 0.25) is 5.78 Å². The first-order chi connectivity index (χ1) is 9.49. The predicted octanol–water partition coefficient (Wildman–Crippen LogP) is 2.11. The van der Waals surface area contributed by atoms with Crippen LogP contribution in [-0.4, -0.2) is 27.3 Å². The third kappa shape index (κ3) is 2.83. The number of hydrogen-bond donors (Lipinski definition) is 0. The third-order valence-electron chi connectivity index (χ3n) is 2.68. The lowest BCUT2D eigenvalue weighted by Crippen LogP contribution is -2.11. The molecule has 20 heavy (non-hydrogen) atoms. The molecule has 0 fully saturated rings. The molecule has 0 unspecified atom stereocenters. The van der Waals surface area contributed by atoms with E-state index in [2.05, 4.69) is 9.97 Å². The average Bonchev–Trinajstić information content (AvgIpc) is 2.46. The summed E-state index contributed by atoms with van der Waals surface area (Å²) in [6, 6.07) is 9.28. The van der Waals surface area contributed by atoms with E-state index in [1.54, 1.807) is 24.3 Å². The highest BCUT2D eigenvalue weighted by Crippen LogP contribution is 2.08. The second-order valence-corrected chi connectivity index (χ2v) is 4.26. The predicted molar refractivity (Wildman–Crippen MR) is 71.9 cm³/mol. The zero-order valence-electron chi connectivity index (χ0n) is 11.1. The lowest BCUT2D eigenvalue weighted by molar-refractivity contribution is 0.100.